The SMILES string of the molecule is CCCCN(C)Cc1cc(CN)ccc1F. The molecular weight excluding hydrogens is 203 g/mol. The predicted molar refractivity (Wildman–Crippen MR) is 65.5 cm³/mol. The summed E-state index contributed by atoms with van der Waals surface area (Å²) in [6.07, 6.45) is 2.31. The number of benzene rings is 1. The van der Waals surface area contributed by atoms with Crippen LogP contribution in [0, 0.1) is 5.82 Å². The lowest BCUT2D eigenvalue weighted by atomic mass is 10.1. The Hall–Kier alpha value is -0.930. The van der Waals surface area contributed by atoms with E-state index in [2.05, 4.69) is 11.8 Å². The summed E-state index contributed by atoms with van der Waals surface area (Å²) in [5.74, 6) is -0.138. The first-order chi connectivity index (χ1) is 7.67. The zero-order chi connectivity index (χ0) is 12.0. The van der Waals surface area contributed by atoms with Crippen LogP contribution in [0.2, 0.25) is 0 Å². The number of unbranched alkanes of at least 4 members (excludes halogenated alkanes) is 1. The molecule has 3 heteroatoms. The van der Waals surface area contributed by atoms with Gasteiger partial charge in [0.1, 0.15) is 5.82 Å². The molecule has 90 valence electrons. The van der Waals surface area contributed by atoms with E-state index >= 15 is 0 Å². The third-order valence-electron chi connectivity index (χ3n) is 2.68. The quantitative estimate of drug-likeness (QED) is 0.804. The molecule has 0 heterocycles. The number of halogens is 1. The van der Waals surface area contributed by atoms with E-state index in [9.17, 15) is 4.39 Å². The van der Waals surface area contributed by atoms with Gasteiger partial charge in [0.05, 0.1) is 0 Å². The lowest BCUT2D eigenvalue weighted by Crippen LogP contribution is -2.19. The standard InChI is InChI=1S/C13H21FN2/c1-3-4-7-16(2)10-12-8-11(9-15)5-6-13(12)14/h5-6,8H,3-4,7,9-10,15H2,1-2H3. The van der Waals surface area contributed by atoms with Gasteiger partial charge in [-0.1, -0.05) is 25.5 Å². The average Bonchev–Trinajstić information content (AvgIpc) is 2.29. The molecule has 0 unspecified atom stereocenters. The molecule has 0 aliphatic heterocycles. The number of hydrogen-bond donors (Lipinski definition) is 1. The number of hydrogen-bond acceptors (Lipinski definition) is 2. The maximum absolute atomic E-state index is 13.5. The summed E-state index contributed by atoms with van der Waals surface area (Å²) < 4.78 is 13.5. The van der Waals surface area contributed by atoms with Crippen molar-refractivity contribution in [2.75, 3.05) is 13.6 Å². The monoisotopic (exact) mass is 224 g/mol. The summed E-state index contributed by atoms with van der Waals surface area (Å²) in [6, 6.07) is 5.11. The highest BCUT2D eigenvalue weighted by atomic mass is 19.1. The summed E-state index contributed by atoms with van der Waals surface area (Å²) in [4.78, 5) is 2.14. The molecule has 0 bridgehead atoms. The Bertz CT molecular complexity index is 326. The highest BCUT2D eigenvalue weighted by Crippen LogP contribution is 2.12. The van der Waals surface area contributed by atoms with Crippen molar-refractivity contribution in [3.8, 4) is 0 Å². The van der Waals surface area contributed by atoms with Crippen LogP contribution in [0.5, 0.6) is 0 Å². The van der Waals surface area contributed by atoms with Gasteiger partial charge in [-0.3, -0.25) is 0 Å². The van der Waals surface area contributed by atoms with Gasteiger partial charge in [-0.2, -0.15) is 0 Å². The van der Waals surface area contributed by atoms with E-state index in [1.807, 2.05) is 13.1 Å². The second kappa shape index (κ2) is 6.61. The van der Waals surface area contributed by atoms with E-state index in [-0.39, 0.29) is 5.82 Å². The number of rotatable bonds is 6. The fraction of sp³-hybridized carbons (Fsp3) is 0.538. The van der Waals surface area contributed by atoms with Gasteiger partial charge in [-0.05, 0) is 31.6 Å². The highest BCUT2D eigenvalue weighted by molar-refractivity contribution is 5.24. The van der Waals surface area contributed by atoms with Gasteiger partial charge in [0.15, 0.2) is 0 Å². The Morgan fingerprint density at radius 2 is 2.12 bits per heavy atom. The third-order valence-corrected chi connectivity index (χ3v) is 2.68. The molecule has 1 aromatic carbocycles. The Balaban J connectivity index is 2.64. The molecule has 0 fully saturated rings. The van der Waals surface area contributed by atoms with Gasteiger partial charge in [-0.15, -0.1) is 0 Å². The zero-order valence-corrected chi connectivity index (χ0v) is 10.2. The van der Waals surface area contributed by atoms with Crippen LogP contribution in [0.4, 0.5) is 4.39 Å². The lowest BCUT2D eigenvalue weighted by molar-refractivity contribution is 0.315. The van der Waals surface area contributed by atoms with Gasteiger partial charge in [-0.25, -0.2) is 4.39 Å². The van der Waals surface area contributed by atoms with Crippen LogP contribution in [-0.2, 0) is 13.1 Å². The lowest BCUT2D eigenvalue weighted by Gasteiger charge is -2.17. The summed E-state index contributed by atoms with van der Waals surface area (Å²) in [6.45, 7) is 4.28. The molecule has 2 nitrogen and oxygen atoms in total. The maximum atomic E-state index is 13.5. The van der Waals surface area contributed by atoms with Crippen LogP contribution in [0.1, 0.15) is 30.9 Å². The van der Waals surface area contributed by atoms with Crippen molar-refractivity contribution in [3.63, 3.8) is 0 Å². The molecule has 0 aliphatic carbocycles. The molecule has 0 amide bonds. The van der Waals surface area contributed by atoms with Crippen LogP contribution in [0.15, 0.2) is 18.2 Å². The minimum Gasteiger partial charge on any atom is -0.326 e. The van der Waals surface area contributed by atoms with Gasteiger partial charge in [0.25, 0.3) is 0 Å². The number of nitrogens with two attached hydrogens (primary N) is 1. The molecule has 0 atom stereocenters. The molecule has 0 radical (unpaired) electrons. The summed E-state index contributed by atoms with van der Waals surface area (Å²) in [7, 11) is 2.02. The molecule has 1 aromatic rings. The van der Waals surface area contributed by atoms with Crippen molar-refractivity contribution in [2.45, 2.75) is 32.9 Å². The third kappa shape index (κ3) is 3.91. The second-order valence-electron chi connectivity index (χ2n) is 4.22. The van der Waals surface area contributed by atoms with Gasteiger partial charge < -0.3 is 10.6 Å². The maximum Gasteiger partial charge on any atom is 0.127 e. The van der Waals surface area contributed by atoms with Crippen molar-refractivity contribution in [1.82, 2.24) is 4.90 Å². The van der Waals surface area contributed by atoms with E-state index in [4.69, 9.17) is 5.73 Å². The number of nitrogens with zero attached hydrogens (tertiary/aromatic N) is 1. The minimum atomic E-state index is -0.138. The van der Waals surface area contributed by atoms with E-state index < -0.39 is 0 Å². The predicted octanol–water partition coefficient (Wildman–Crippen LogP) is 2.52. The van der Waals surface area contributed by atoms with Crippen LogP contribution in [-0.4, -0.2) is 18.5 Å². The first-order valence-corrected chi connectivity index (χ1v) is 5.83. The van der Waals surface area contributed by atoms with Gasteiger partial charge >= 0.3 is 0 Å². The van der Waals surface area contributed by atoms with Crippen LogP contribution in [0.3, 0.4) is 0 Å². The molecule has 16 heavy (non-hydrogen) atoms. The van der Waals surface area contributed by atoms with Crippen molar-refractivity contribution in [1.29, 1.82) is 0 Å². The Morgan fingerprint density at radius 1 is 1.38 bits per heavy atom. The fourth-order valence-electron chi connectivity index (χ4n) is 1.67. The smallest absolute Gasteiger partial charge is 0.127 e. The van der Waals surface area contributed by atoms with E-state index in [0.29, 0.717) is 13.1 Å². The van der Waals surface area contributed by atoms with Crippen LogP contribution >= 0.6 is 0 Å². The van der Waals surface area contributed by atoms with Crippen molar-refractivity contribution in [2.24, 2.45) is 5.73 Å². The molecule has 0 aliphatic rings. The Kier molecular flexibility index (Phi) is 5.43. The molecular formula is C13H21FN2. The van der Waals surface area contributed by atoms with Crippen molar-refractivity contribution < 1.29 is 4.39 Å². The van der Waals surface area contributed by atoms with Gasteiger partial charge in [0, 0.05) is 18.7 Å². The summed E-state index contributed by atoms with van der Waals surface area (Å²) in [5.41, 5.74) is 7.27. The second-order valence-corrected chi connectivity index (χ2v) is 4.22. The highest BCUT2D eigenvalue weighted by Gasteiger charge is 2.06. The Labute approximate surface area is 97.3 Å². The van der Waals surface area contributed by atoms with Crippen molar-refractivity contribution >= 4 is 0 Å². The summed E-state index contributed by atoms with van der Waals surface area (Å²) in [5, 5.41) is 0. The molecule has 0 aromatic heterocycles. The first-order valence-electron chi connectivity index (χ1n) is 5.83. The summed E-state index contributed by atoms with van der Waals surface area (Å²) >= 11 is 0. The Morgan fingerprint density at radius 3 is 2.75 bits per heavy atom. The topological polar surface area (TPSA) is 29.3 Å². The van der Waals surface area contributed by atoms with Crippen LogP contribution < -0.4 is 5.73 Å². The van der Waals surface area contributed by atoms with E-state index in [1.54, 1.807) is 6.07 Å². The van der Waals surface area contributed by atoms with E-state index in [0.717, 1.165) is 30.5 Å². The molecule has 2 N–H and O–H groups in total. The molecule has 0 saturated carbocycles. The zero-order valence-electron chi connectivity index (χ0n) is 10.2. The van der Waals surface area contributed by atoms with Crippen LogP contribution in [0.25, 0.3) is 0 Å². The normalized spacial score (nSPS) is 11.1. The molecule has 0 saturated heterocycles. The van der Waals surface area contributed by atoms with Crippen molar-refractivity contribution in [3.05, 3.63) is 35.1 Å². The average molecular weight is 224 g/mol. The first kappa shape index (κ1) is 13.1. The largest absolute Gasteiger partial charge is 0.326 e. The molecule has 0 spiro atoms. The van der Waals surface area contributed by atoms with E-state index in [1.165, 1.54) is 6.07 Å². The van der Waals surface area contributed by atoms with Gasteiger partial charge in [0.2, 0.25) is 0 Å². The fourth-order valence-corrected chi connectivity index (χ4v) is 1.67. The minimum absolute atomic E-state index is 0.138. The molecule has 1 rings (SSSR count).